The summed E-state index contributed by atoms with van der Waals surface area (Å²) >= 11 is 1.52. The molecular formula is C15H20O2S. The molecule has 0 aromatic heterocycles. The lowest BCUT2D eigenvalue weighted by Gasteiger charge is -2.43. The van der Waals surface area contributed by atoms with Crippen LogP contribution in [0.15, 0.2) is 29.2 Å². The van der Waals surface area contributed by atoms with Gasteiger partial charge >= 0.3 is 5.97 Å². The molecule has 1 aliphatic carbocycles. The van der Waals surface area contributed by atoms with Crippen LogP contribution in [0.4, 0.5) is 0 Å². The van der Waals surface area contributed by atoms with Gasteiger partial charge in [0.1, 0.15) is 4.75 Å². The third kappa shape index (κ3) is 2.72. The summed E-state index contributed by atoms with van der Waals surface area (Å²) in [6.45, 7) is 4.20. The molecule has 0 atom stereocenters. The van der Waals surface area contributed by atoms with Gasteiger partial charge in [-0.15, -0.1) is 11.8 Å². The summed E-state index contributed by atoms with van der Waals surface area (Å²) in [6, 6.07) is 8.13. The van der Waals surface area contributed by atoms with Crippen molar-refractivity contribution in [3.05, 3.63) is 29.8 Å². The van der Waals surface area contributed by atoms with E-state index in [1.165, 1.54) is 17.3 Å². The molecule has 18 heavy (non-hydrogen) atoms. The highest BCUT2D eigenvalue weighted by atomic mass is 32.2. The minimum absolute atomic E-state index is 0.574. The summed E-state index contributed by atoms with van der Waals surface area (Å²) in [7, 11) is 0. The van der Waals surface area contributed by atoms with E-state index in [1.807, 2.05) is 31.2 Å². The molecule has 2 nitrogen and oxygen atoms in total. The number of aryl methyl sites for hydroxylation is 1. The van der Waals surface area contributed by atoms with Crippen molar-refractivity contribution in [1.29, 1.82) is 0 Å². The predicted octanol–water partition coefficient (Wildman–Crippen LogP) is 4.12. The van der Waals surface area contributed by atoms with Crippen molar-refractivity contribution in [3.63, 3.8) is 0 Å². The molecule has 1 N–H and O–H groups in total. The van der Waals surface area contributed by atoms with Crippen LogP contribution in [0, 0.1) is 12.8 Å². The van der Waals surface area contributed by atoms with Gasteiger partial charge in [0.25, 0.3) is 0 Å². The number of carbonyl (C=O) groups is 1. The fourth-order valence-corrected chi connectivity index (χ4v) is 4.07. The summed E-state index contributed by atoms with van der Waals surface area (Å²) in [4.78, 5) is 12.6. The summed E-state index contributed by atoms with van der Waals surface area (Å²) < 4.78 is -0.574. The average Bonchev–Trinajstić information content (AvgIpc) is 2.28. The maximum Gasteiger partial charge on any atom is 0.320 e. The van der Waals surface area contributed by atoms with E-state index in [2.05, 4.69) is 6.92 Å². The van der Waals surface area contributed by atoms with Crippen molar-refractivity contribution in [3.8, 4) is 0 Å². The first-order valence-corrected chi connectivity index (χ1v) is 7.36. The van der Waals surface area contributed by atoms with Gasteiger partial charge in [-0.25, -0.2) is 0 Å². The molecule has 3 heteroatoms. The maximum absolute atomic E-state index is 11.5. The van der Waals surface area contributed by atoms with Crippen LogP contribution >= 0.6 is 11.8 Å². The Kier molecular flexibility index (Phi) is 4.00. The Bertz CT molecular complexity index is 419. The molecule has 0 heterocycles. The van der Waals surface area contributed by atoms with Crippen molar-refractivity contribution in [2.75, 3.05) is 0 Å². The van der Waals surface area contributed by atoms with E-state index in [4.69, 9.17) is 0 Å². The first-order valence-electron chi connectivity index (χ1n) is 6.55. The third-order valence-electron chi connectivity index (χ3n) is 3.66. The topological polar surface area (TPSA) is 37.3 Å². The van der Waals surface area contributed by atoms with Gasteiger partial charge in [0.05, 0.1) is 0 Å². The van der Waals surface area contributed by atoms with E-state index in [9.17, 15) is 9.90 Å². The molecule has 1 aromatic carbocycles. The molecule has 0 radical (unpaired) electrons. The molecule has 1 saturated carbocycles. The van der Waals surface area contributed by atoms with Gasteiger partial charge in [-0.1, -0.05) is 37.5 Å². The lowest BCUT2D eigenvalue weighted by atomic mass is 9.72. The van der Waals surface area contributed by atoms with E-state index in [1.54, 1.807) is 0 Å². The molecule has 1 aromatic rings. The molecule has 1 fully saturated rings. The number of benzene rings is 1. The Morgan fingerprint density at radius 1 is 1.39 bits per heavy atom. The second-order valence-electron chi connectivity index (χ2n) is 5.28. The van der Waals surface area contributed by atoms with Crippen molar-refractivity contribution in [2.45, 2.75) is 49.2 Å². The summed E-state index contributed by atoms with van der Waals surface area (Å²) in [5.41, 5.74) is 1.21. The lowest BCUT2D eigenvalue weighted by molar-refractivity contribution is -0.143. The average molecular weight is 264 g/mol. The SMILES string of the molecule is CCCC1CC(Sc2ccc(C)cc2)(C(=O)O)C1. The molecule has 0 bridgehead atoms. The van der Waals surface area contributed by atoms with E-state index in [-0.39, 0.29) is 0 Å². The molecule has 98 valence electrons. The third-order valence-corrected chi connectivity index (χ3v) is 5.06. The molecule has 0 aliphatic heterocycles. The zero-order valence-corrected chi connectivity index (χ0v) is 11.8. The van der Waals surface area contributed by atoms with Gasteiger partial charge in [-0.05, 0) is 37.8 Å². The minimum atomic E-state index is -0.652. The highest BCUT2D eigenvalue weighted by Crippen LogP contribution is 2.52. The Morgan fingerprint density at radius 3 is 2.50 bits per heavy atom. The van der Waals surface area contributed by atoms with E-state index >= 15 is 0 Å². The largest absolute Gasteiger partial charge is 0.480 e. The van der Waals surface area contributed by atoms with Crippen molar-refractivity contribution in [1.82, 2.24) is 0 Å². The quantitative estimate of drug-likeness (QED) is 0.869. The Morgan fingerprint density at radius 2 is 2.00 bits per heavy atom. The van der Waals surface area contributed by atoms with Crippen LogP contribution < -0.4 is 0 Å². The Hall–Kier alpha value is -0.960. The Labute approximate surface area is 113 Å². The van der Waals surface area contributed by atoms with Gasteiger partial charge in [0.15, 0.2) is 0 Å². The summed E-state index contributed by atoms with van der Waals surface area (Å²) in [5, 5.41) is 9.46. The fourth-order valence-electron chi connectivity index (χ4n) is 2.62. The van der Waals surface area contributed by atoms with Crippen molar-refractivity contribution < 1.29 is 9.90 Å². The second kappa shape index (κ2) is 5.35. The van der Waals surface area contributed by atoms with Crippen LogP contribution in [-0.4, -0.2) is 15.8 Å². The highest BCUT2D eigenvalue weighted by molar-refractivity contribution is 8.01. The van der Waals surface area contributed by atoms with Gasteiger partial charge in [-0.3, -0.25) is 4.79 Å². The molecule has 0 saturated heterocycles. The van der Waals surface area contributed by atoms with Crippen LogP contribution in [0.1, 0.15) is 38.2 Å². The van der Waals surface area contributed by atoms with E-state index < -0.39 is 10.7 Å². The van der Waals surface area contributed by atoms with Crippen LogP contribution in [0.5, 0.6) is 0 Å². The van der Waals surface area contributed by atoms with Crippen LogP contribution in [0.3, 0.4) is 0 Å². The first-order chi connectivity index (χ1) is 8.55. The molecule has 2 rings (SSSR count). The molecular weight excluding hydrogens is 244 g/mol. The number of aliphatic carboxylic acids is 1. The van der Waals surface area contributed by atoms with Crippen molar-refractivity contribution in [2.24, 2.45) is 5.92 Å². The number of thioether (sulfide) groups is 1. The summed E-state index contributed by atoms with van der Waals surface area (Å²) in [5.74, 6) is -0.0514. The van der Waals surface area contributed by atoms with Crippen LogP contribution in [-0.2, 0) is 4.79 Å². The summed E-state index contributed by atoms with van der Waals surface area (Å²) in [6.07, 6.45) is 3.93. The number of carboxylic acid groups (broad SMARTS) is 1. The van der Waals surface area contributed by atoms with Gasteiger partial charge in [0.2, 0.25) is 0 Å². The highest BCUT2D eigenvalue weighted by Gasteiger charge is 2.50. The standard InChI is InChI=1S/C15H20O2S/c1-3-4-12-9-15(10-12,14(16)17)18-13-7-5-11(2)6-8-13/h5-8,12H,3-4,9-10H2,1-2H3,(H,16,17). The van der Waals surface area contributed by atoms with E-state index in [0.717, 1.165) is 30.6 Å². The first kappa shape index (κ1) is 13.5. The normalized spacial score (nSPS) is 26.7. The molecule has 0 amide bonds. The number of hydrogen-bond acceptors (Lipinski definition) is 2. The minimum Gasteiger partial charge on any atom is -0.480 e. The van der Waals surface area contributed by atoms with Crippen LogP contribution in [0.2, 0.25) is 0 Å². The number of rotatable bonds is 5. The zero-order chi connectivity index (χ0) is 13.2. The molecule has 1 aliphatic rings. The van der Waals surface area contributed by atoms with E-state index in [0.29, 0.717) is 5.92 Å². The fraction of sp³-hybridized carbons (Fsp3) is 0.533. The molecule has 0 unspecified atom stereocenters. The lowest BCUT2D eigenvalue weighted by Crippen LogP contribution is -2.47. The number of hydrogen-bond donors (Lipinski definition) is 1. The number of carboxylic acids is 1. The van der Waals surface area contributed by atoms with Gasteiger partial charge < -0.3 is 5.11 Å². The second-order valence-corrected chi connectivity index (χ2v) is 6.73. The van der Waals surface area contributed by atoms with Crippen molar-refractivity contribution >= 4 is 17.7 Å². The monoisotopic (exact) mass is 264 g/mol. The van der Waals surface area contributed by atoms with Gasteiger partial charge in [-0.2, -0.15) is 0 Å². The van der Waals surface area contributed by atoms with Gasteiger partial charge in [0, 0.05) is 4.90 Å². The predicted molar refractivity (Wildman–Crippen MR) is 75.0 cm³/mol. The molecule has 0 spiro atoms. The van der Waals surface area contributed by atoms with Crippen LogP contribution in [0.25, 0.3) is 0 Å². The zero-order valence-electron chi connectivity index (χ0n) is 11.0. The smallest absolute Gasteiger partial charge is 0.320 e. The maximum atomic E-state index is 11.5. The Balaban J connectivity index is 2.05.